The summed E-state index contributed by atoms with van der Waals surface area (Å²) in [6.07, 6.45) is 7.27. The average molecular weight is 554 g/mol. The van der Waals surface area contributed by atoms with Crippen LogP contribution in [0.1, 0.15) is 24.0 Å². The van der Waals surface area contributed by atoms with E-state index < -0.39 is 5.82 Å². The van der Waals surface area contributed by atoms with Crippen molar-refractivity contribution >= 4 is 29.1 Å². The molecule has 3 aromatic heterocycles. The monoisotopic (exact) mass is 553 g/mol. The maximum Gasteiger partial charge on any atom is 0.228 e. The highest BCUT2D eigenvalue weighted by molar-refractivity contribution is 6.31. The Kier molecular flexibility index (Phi) is 7.20. The molecule has 0 atom stereocenters. The number of aromatic nitrogens is 5. The number of nitrogens with one attached hydrogen (secondary N) is 2. The van der Waals surface area contributed by atoms with Crippen LogP contribution in [0.2, 0.25) is 5.02 Å². The molecule has 6 rings (SSSR count). The lowest BCUT2D eigenvalue weighted by Gasteiger charge is -2.21. The lowest BCUT2D eigenvalue weighted by Crippen LogP contribution is -2.12. The third-order valence-electron chi connectivity index (χ3n) is 6.74. The minimum absolute atomic E-state index is 0.0750. The molecule has 0 aliphatic heterocycles. The van der Waals surface area contributed by atoms with Gasteiger partial charge in [-0.05, 0) is 91.9 Å². The van der Waals surface area contributed by atoms with Crippen molar-refractivity contribution in [1.29, 1.82) is 0 Å². The standard InChI is InChI=1S/C30H25ClFN7O/c1-33-30-35-16-14-26(37-30)23-7-4-15-34-29(23)40-20-11-9-19(10-12-20)36-28-22-6-3-2-5-21(22)27(38-39-28)18-8-13-25(32)24(31)17-18/h4,7-17H,2-3,5-6H2,1H3,(H,36,39)(H,33,35,37). The number of ether oxygens (including phenoxy) is 1. The molecule has 0 fully saturated rings. The largest absolute Gasteiger partial charge is 0.438 e. The number of anilines is 3. The van der Waals surface area contributed by atoms with Gasteiger partial charge in [-0.15, -0.1) is 10.2 Å². The highest BCUT2D eigenvalue weighted by Crippen LogP contribution is 2.36. The van der Waals surface area contributed by atoms with E-state index in [9.17, 15) is 4.39 Å². The Morgan fingerprint density at radius 3 is 2.52 bits per heavy atom. The summed E-state index contributed by atoms with van der Waals surface area (Å²) in [5, 5.41) is 15.5. The second-order valence-electron chi connectivity index (χ2n) is 9.31. The van der Waals surface area contributed by atoms with Gasteiger partial charge < -0.3 is 15.4 Å². The summed E-state index contributed by atoms with van der Waals surface area (Å²) in [7, 11) is 1.77. The highest BCUT2D eigenvalue weighted by Gasteiger charge is 2.21. The summed E-state index contributed by atoms with van der Waals surface area (Å²) >= 11 is 6.04. The van der Waals surface area contributed by atoms with Gasteiger partial charge in [-0.2, -0.15) is 0 Å². The number of fused-ring (bicyclic) bond motifs is 1. The van der Waals surface area contributed by atoms with Gasteiger partial charge in [-0.25, -0.2) is 19.3 Å². The maximum atomic E-state index is 13.7. The number of nitrogens with zero attached hydrogens (tertiary/aromatic N) is 5. The Bertz CT molecular complexity index is 1680. The number of pyridine rings is 1. The average Bonchev–Trinajstić information content (AvgIpc) is 3.00. The fourth-order valence-electron chi connectivity index (χ4n) is 4.78. The molecule has 200 valence electrons. The SMILES string of the molecule is CNc1nccc(-c2cccnc2Oc2ccc(Nc3nnc(-c4ccc(F)c(Cl)c4)c4c3CCCC4)cc2)n1. The van der Waals surface area contributed by atoms with Crippen LogP contribution in [-0.4, -0.2) is 32.2 Å². The second kappa shape index (κ2) is 11.2. The second-order valence-corrected chi connectivity index (χ2v) is 9.72. The van der Waals surface area contributed by atoms with Crippen LogP contribution in [0.5, 0.6) is 11.6 Å². The van der Waals surface area contributed by atoms with Gasteiger partial charge in [0.25, 0.3) is 0 Å². The zero-order chi connectivity index (χ0) is 27.5. The predicted molar refractivity (Wildman–Crippen MR) is 154 cm³/mol. The molecule has 0 spiro atoms. The van der Waals surface area contributed by atoms with E-state index in [-0.39, 0.29) is 5.02 Å². The van der Waals surface area contributed by atoms with Crippen LogP contribution in [0.4, 0.5) is 21.8 Å². The molecular formula is C30H25ClFN7O. The third-order valence-corrected chi connectivity index (χ3v) is 7.03. The van der Waals surface area contributed by atoms with Crippen LogP contribution in [0.15, 0.2) is 73.1 Å². The van der Waals surface area contributed by atoms with Crippen LogP contribution in [0.25, 0.3) is 22.5 Å². The van der Waals surface area contributed by atoms with Gasteiger partial charge in [0.15, 0.2) is 5.82 Å². The van der Waals surface area contributed by atoms with Gasteiger partial charge >= 0.3 is 0 Å². The normalized spacial score (nSPS) is 12.5. The van der Waals surface area contributed by atoms with Crippen molar-refractivity contribution in [1.82, 2.24) is 25.1 Å². The Morgan fingerprint density at radius 1 is 0.900 bits per heavy atom. The first-order chi connectivity index (χ1) is 19.6. The predicted octanol–water partition coefficient (Wildman–Crippen LogP) is 7.24. The number of halogens is 2. The van der Waals surface area contributed by atoms with Crippen molar-refractivity contribution in [3.8, 4) is 34.1 Å². The fourth-order valence-corrected chi connectivity index (χ4v) is 4.96. The van der Waals surface area contributed by atoms with Crippen LogP contribution in [0.3, 0.4) is 0 Å². The lowest BCUT2D eigenvalue weighted by atomic mass is 9.89. The van der Waals surface area contributed by atoms with E-state index in [4.69, 9.17) is 16.3 Å². The van der Waals surface area contributed by atoms with Gasteiger partial charge in [0.1, 0.15) is 11.6 Å². The van der Waals surface area contributed by atoms with Crippen molar-refractivity contribution in [2.75, 3.05) is 17.7 Å². The van der Waals surface area contributed by atoms with E-state index >= 15 is 0 Å². The summed E-state index contributed by atoms with van der Waals surface area (Å²) < 4.78 is 19.9. The molecule has 1 aliphatic carbocycles. The number of benzene rings is 2. The van der Waals surface area contributed by atoms with Crippen LogP contribution in [-0.2, 0) is 12.8 Å². The smallest absolute Gasteiger partial charge is 0.228 e. The van der Waals surface area contributed by atoms with Crippen molar-refractivity contribution in [3.05, 3.63) is 95.0 Å². The lowest BCUT2D eigenvalue weighted by molar-refractivity contribution is 0.465. The molecule has 0 saturated carbocycles. The van der Waals surface area contributed by atoms with Crippen LogP contribution in [0, 0.1) is 5.82 Å². The first kappa shape index (κ1) is 25.6. The number of hydrogen-bond acceptors (Lipinski definition) is 8. The van der Waals surface area contributed by atoms with E-state index in [0.29, 0.717) is 23.3 Å². The summed E-state index contributed by atoms with van der Waals surface area (Å²) in [6.45, 7) is 0. The van der Waals surface area contributed by atoms with E-state index in [0.717, 1.165) is 65.1 Å². The maximum absolute atomic E-state index is 13.7. The summed E-state index contributed by atoms with van der Waals surface area (Å²) in [6, 6.07) is 17.8. The van der Waals surface area contributed by atoms with Gasteiger partial charge in [0.2, 0.25) is 11.8 Å². The van der Waals surface area contributed by atoms with Crippen molar-refractivity contribution in [2.45, 2.75) is 25.7 Å². The third kappa shape index (κ3) is 5.28. The van der Waals surface area contributed by atoms with E-state index in [2.05, 4.69) is 35.8 Å². The molecule has 0 radical (unpaired) electrons. The van der Waals surface area contributed by atoms with Crippen molar-refractivity contribution in [2.24, 2.45) is 0 Å². The Labute approximate surface area is 235 Å². The van der Waals surface area contributed by atoms with E-state index in [1.165, 1.54) is 6.07 Å². The summed E-state index contributed by atoms with van der Waals surface area (Å²) in [5.74, 6) is 1.86. The minimum Gasteiger partial charge on any atom is -0.438 e. The molecule has 5 aromatic rings. The molecule has 40 heavy (non-hydrogen) atoms. The quantitative estimate of drug-likeness (QED) is 0.217. The van der Waals surface area contributed by atoms with Gasteiger partial charge in [-0.1, -0.05) is 11.6 Å². The number of hydrogen-bond donors (Lipinski definition) is 2. The van der Waals surface area contributed by atoms with Crippen LogP contribution >= 0.6 is 11.6 Å². The van der Waals surface area contributed by atoms with Gasteiger partial charge in [-0.3, -0.25) is 0 Å². The molecule has 0 amide bonds. The molecular weight excluding hydrogens is 529 g/mol. The van der Waals surface area contributed by atoms with Gasteiger partial charge in [0, 0.05) is 36.3 Å². The topological polar surface area (TPSA) is 97.7 Å². The molecule has 0 saturated heterocycles. The summed E-state index contributed by atoms with van der Waals surface area (Å²) in [4.78, 5) is 13.1. The molecule has 8 nitrogen and oxygen atoms in total. The van der Waals surface area contributed by atoms with Crippen molar-refractivity contribution < 1.29 is 9.13 Å². The minimum atomic E-state index is -0.450. The van der Waals surface area contributed by atoms with E-state index in [1.807, 2.05) is 42.5 Å². The molecule has 0 unspecified atom stereocenters. The molecule has 1 aliphatic rings. The zero-order valence-electron chi connectivity index (χ0n) is 21.7. The summed E-state index contributed by atoms with van der Waals surface area (Å²) in [5.41, 5.74) is 6.08. The van der Waals surface area contributed by atoms with E-state index in [1.54, 1.807) is 31.6 Å². The Hall–Kier alpha value is -4.63. The Morgan fingerprint density at radius 2 is 1.73 bits per heavy atom. The zero-order valence-corrected chi connectivity index (χ0v) is 22.4. The molecule has 10 heteroatoms. The molecule has 2 N–H and O–H groups in total. The molecule has 3 heterocycles. The first-order valence-corrected chi connectivity index (χ1v) is 13.3. The highest BCUT2D eigenvalue weighted by atomic mass is 35.5. The van der Waals surface area contributed by atoms with Gasteiger partial charge in [0.05, 0.1) is 22.0 Å². The fraction of sp³-hybridized carbons (Fsp3) is 0.167. The first-order valence-electron chi connectivity index (χ1n) is 12.9. The molecule has 0 bridgehead atoms. The Balaban J connectivity index is 1.23. The molecule has 2 aromatic carbocycles. The van der Waals surface area contributed by atoms with Crippen LogP contribution < -0.4 is 15.4 Å². The number of rotatable bonds is 7. The van der Waals surface area contributed by atoms with Crippen molar-refractivity contribution in [3.63, 3.8) is 0 Å².